The highest BCUT2D eigenvalue weighted by atomic mass is 16.3. The van der Waals surface area contributed by atoms with E-state index in [4.69, 9.17) is 26.4 Å². The highest BCUT2D eigenvalue weighted by Gasteiger charge is 2.26. The van der Waals surface area contributed by atoms with Crippen LogP contribution in [0.4, 0.5) is 0 Å². The number of benzene rings is 7. The maximum Gasteiger partial charge on any atom is 0.149 e. The molecule has 0 spiro atoms. The van der Waals surface area contributed by atoms with Crippen LogP contribution in [0.5, 0.6) is 5.75 Å². The van der Waals surface area contributed by atoms with Crippen LogP contribution in [0.1, 0.15) is 80.0 Å². The van der Waals surface area contributed by atoms with Crippen LogP contribution in [0.25, 0.3) is 83.9 Å². The van der Waals surface area contributed by atoms with Crippen molar-refractivity contribution >= 4 is 11.0 Å². The zero-order valence-electron chi connectivity index (χ0n) is 47.0. The molecule has 0 saturated heterocycles. The molecule has 4 heteroatoms. The lowest BCUT2D eigenvalue weighted by Crippen LogP contribution is -2.13. The number of imidazole rings is 1. The zero-order chi connectivity index (χ0) is 53.3. The number of fused-ring (bicyclic) bond motifs is 1. The van der Waals surface area contributed by atoms with Crippen LogP contribution >= 0.6 is 0 Å². The highest BCUT2D eigenvalue weighted by molar-refractivity contribution is 5.98. The summed E-state index contributed by atoms with van der Waals surface area (Å²) >= 11 is 0. The first kappa shape index (κ1) is 28.5. The number of hydrogen-bond acceptors (Lipinski definition) is 3. The van der Waals surface area contributed by atoms with E-state index in [2.05, 4.69) is 32.9 Å². The number of para-hydroxylation sites is 1. The SMILES string of the molecule is [2H]C([2H])([2H])c1ccc(-c2ccnc(-c3cc(-c4ccccc4)cc(-c4cccc5c4nc(-c4cc(C(C)(C)C)cc(C)c4O)n5-c4ccc(C(C([2H])([2H])[2H])(C([2H])([2H])[2H])C([2H])([2H])[2H])cc4-c4ccccc4)c3)c2)cc1. The number of hydrogen-bond donors (Lipinski definition) is 1. The first-order valence-electron chi connectivity index (χ1n) is 26.5. The monoisotopic (exact) mass is 819 g/mol. The molecular weight excluding hydrogens is 755 g/mol. The van der Waals surface area contributed by atoms with Gasteiger partial charge in [0.15, 0.2) is 0 Å². The molecule has 0 bridgehead atoms. The average Bonchev–Trinajstić information content (AvgIpc) is 3.73. The van der Waals surface area contributed by atoms with Crippen molar-refractivity contribution in [2.24, 2.45) is 0 Å². The first-order chi connectivity index (χ1) is 34.7. The third kappa shape index (κ3) is 7.74. The summed E-state index contributed by atoms with van der Waals surface area (Å²) in [6.45, 7) is -4.72. The van der Waals surface area contributed by atoms with Crippen LogP contribution in [0.15, 0.2) is 170 Å². The van der Waals surface area contributed by atoms with Gasteiger partial charge >= 0.3 is 0 Å². The largest absolute Gasteiger partial charge is 0.507 e. The average molecular weight is 820 g/mol. The third-order valence-corrected chi connectivity index (χ3v) is 11.5. The molecule has 0 amide bonds. The standard InChI is InChI=1S/C58H53N3O/c1-37-22-24-40(25-23-37)42-28-29-59-51(34-42)45-32-43(39-16-11-9-12-17-39)31-44(33-45)48-20-15-21-53-54(48)60-56(50-36-47(58(6,7)8)30-38(2)55(50)62)61(53)52-27-26-46(57(3,4)5)35-49(52)41-18-13-10-14-19-41/h9-36,62H,1-8H3/i1D3,3D3,4D3,5D3. The van der Waals surface area contributed by atoms with E-state index in [-0.39, 0.29) is 16.7 Å². The van der Waals surface area contributed by atoms with Gasteiger partial charge in [0, 0.05) is 39.3 Å². The Morgan fingerprint density at radius 2 is 1.21 bits per heavy atom. The second kappa shape index (κ2) is 15.8. The maximum atomic E-state index is 12.1. The molecule has 0 aliphatic carbocycles. The Bertz CT molecular complexity index is 3520. The van der Waals surface area contributed by atoms with Crippen molar-refractivity contribution in [2.75, 3.05) is 0 Å². The Balaban J connectivity index is 1.35. The zero-order valence-corrected chi connectivity index (χ0v) is 35.0. The Hall–Kier alpha value is -7.04. The Kier molecular flexibility index (Phi) is 7.24. The molecular formula is C58H53N3O. The number of nitrogens with zero attached hydrogens (tertiary/aromatic N) is 3. The fourth-order valence-corrected chi connectivity index (χ4v) is 8.11. The topological polar surface area (TPSA) is 50.9 Å². The molecule has 0 aliphatic heterocycles. The van der Waals surface area contributed by atoms with Crippen molar-refractivity contribution in [3.8, 4) is 78.6 Å². The van der Waals surface area contributed by atoms with E-state index >= 15 is 0 Å². The van der Waals surface area contributed by atoms with E-state index in [1.165, 1.54) is 12.1 Å². The molecule has 0 atom stereocenters. The minimum atomic E-state index is -3.51. The molecule has 0 fully saturated rings. The van der Waals surface area contributed by atoms with Crippen molar-refractivity contribution in [1.29, 1.82) is 0 Å². The number of phenols is 1. The van der Waals surface area contributed by atoms with Crippen molar-refractivity contribution in [3.63, 3.8) is 0 Å². The van der Waals surface area contributed by atoms with E-state index in [0.29, 0.717) is 56.1 Å². The van der Waals surface area contributed by atoms with Gasteiger partial charge in [-0.2, -0.15) is 0 Å². The molecule has 9 aromatic rings. The van der Waals surface area contributed by atoms with Gasteiger partial charge in [0.25, 0.3) is 0 Å². The lowest BCUT2D eigenvalue weighted by atomic mass is 9.84. The molecule has 306 valence electrons. The second-order valence-electron chi connectivity index (χ2n) is 16.9. The number of aromatic hydroxyl groups is 1. The Morgan fingerprint density at radius 3 is 1.92 bits per heavy atom. The van der Waals surface area contributed by atoms with E-state index in [0.717, 1.165) is 38.9 Å². The van der Waals surface area contributed by atoms with E-state index < -0.39 is 38.4 Å². The number of rotatable bonds is 7. The van der Waals surface area contributed by atoms with Crippen LogP contribution in [0, 0.1) is 13.8 Å². The van der Waals surface area contributed by atoms with Crippen LogP contribution in [-0.4, -0.2) is 19.6 Å². The molecule has 7 aromatic carbocycles. The Morgan fingerprint density at radius 1 is 0.532 bits per heavy atom. The van der Waals surface area contributed by atoms with Gasteiger partial charge < -0.3 is 5.11 Å². The number of aromatic nitrogens is 3. The summed E-state index contributed by atoms with van der Waals surface area (Å²) in [6, 6.07) is 49.4. The molecule has 0 unspecified atom stereocenters. The van der Waals surface area contributed by atoms with Crippen LogP contribution in [-0.2, 0) is 10.8 Å². The minimum Gasteiger partial charge on any atom is -0.507 e. The first-order valence-corrected chi connectivity index (χ1v) is 20.5. The number of pyridine rings is 1. The summed E-state index contributed by atoms with van der Waals surface area (Å²) in [5, 5.41) is 12.1. The lowest BCUT2D eigenvalue weighted by molar-refractivity contribution is 0.471. The summed E-state index contributed by atoms with van der Waals surface area (Å²) < 4.78 is 103. The van der Waals surface area contributed by atoms with E-state index in [9.17, 15) is 5.11 Å². The van der Waals surface area contributed by atoms with Crippen molar-refractivity contribution in [2.45, 2.75) is 65.9 Å². The smallest absolute Gasteiger partial charge is 0.149 e. The van der Waals surface area contributed by atoms with Crippen LogP contribution < -0.4 is 0 Å². The third-order valence-electron chi connectivity index (χ3n) is 11.5. The lowest BCUT2D eigenvalue weighted by Gasteiger charge is -2.24. The van der Waals surface area contributed by atoms with Gasteiger partial charge in [0.05, 0.1) is 28.0 Å². The van der Waals surface area contributed by atoms with Crippen molar-refractivity contribution in [3.05, 3.63) is 192 Å². The highest BCUT2D eigenvalue weighted by Crippen LogP contribution is 2.44. The quantitative estimate of drug-likeness (QED) is 0.174. The Labute approximate surface area is 383 Å². The van der Waals surface area contributed by atoms with Crippen LogP contribution in [0.3, 0.4) is 0 Å². The predicted octanol–water partition coefficient (Wildman–Crippen LogP) is 15.3. The van der Waals surface area contributed by atoms with E-state index in [1.54, 1.807) is 66.9 Å². The van der Waals surface area contributed by atoms with Crippen molar-refractivity contribution < 1.29 is 21.6 Å². The van der Waals surface area contributed by atoms with Gasteiger partial charge in [-0.1, -0.05) is 156 Å². The fourth-order valence-electron chi connectivity index (χ4n) is 8.11. The molecule has 0 aliphatic rings. The maximum absolute atomic E-state index is 12.1. The molecule has 9 rings (SSSR count). The normalized spacial score (nSPS) is 15.6. The molecule has 1 N–H and O–H groups in total. The second-order valence-corrected chi connectivity index (χ2v) is 16.9. The van der Waals surface area contributed by atoms with Gasteiger partial charge in [-0.15, -0.1) is 0 Å². The number of aryl methyl sites for hydroxylation is 2. The molecule has 4 nitrogen and oxygen atoms in total. The summed E-state index contributed by atoms with van der Waals surface area (Å²) in [5.41, 5.74) is 6.91. The minimum absolute atomic E-state index is 0.0208. The van der Waals surface area contributed by atoms with Gasteiger partial charge in [0.2, 0.25) is 0 Å². The summed E-state index contributed by atoms with van der Waals surface area (Å²) in [4.78, 5) is 10.3. The van der Waals surface area contributed by atoms with Gasteiger partial charge in [-0.05, 0) is 129 Å². The summed E-state index contributed by atoms with van der Waals surface area (Å²) in [7, 11) is 0. The summed E-state index contributed by atoms with van der Waals surface area (Å²) in [5.74, 6) is 0.295. The fraction of sp³-hybridized carbons (Fsp3) is 0.172. The molecule has 0 saturated carbocycles. The molecule has 2 aromatic heterocycles. The summed E-state index contributed by atoms with van der Waals surface area (Å²) in [6.07, 6.45) is 1.72. The molecule has 0 radical (unpaired) electrons. The molecule has 2 heterocycles. The van der Waals surface area contributed by atoms with E-state index in [1.807, 2.05) is 90.4 Å². The van der Waals surface area contributed by atoms with Gasteiger partial charge in [-0.3, -0.25) is 9.55 Å². The van der Waals surface area contributed by atoms with Crippen LogP contribution in [0.2, 0.25) is 0 Å². The van der Waals surface area contributed by atoms with Crippen molar-refractivity contribution in [1.82, 2.24) is 14.5 Å². The predicted molar refractivity (Wildman–Crippen MR) is 260 cm³/mol. The van der Waals surface area contributed by atoms with Gasteiger partial charge in [0.1, 0.15) is 11.6 Å². The number of phenolic OH excluding ortho intramolecular Hbond substituents is 1. The van der Waals surface area contributed by atoms with Gasteiger partial charge in [-0.25, -0.2) is 4.98 Å². The molecule has 62 heavy (non-hydrogen) atoms.